The molecule has 1 aromatic carbocycles. The number of imide groups is 1. The number of carbonyl (C=O) groups is 2. The Morgan fingerprint density at radius 1 is 1.22 bits per heavy atom. The van der Waals surface area contributed by atoms with Crippen LogP contribution in [0.25, 0.3) is 11.0 Å². The monoisotopic (exact) mass is 368 g/mol. The molecule has 2 fully saturated rings. The number of hydrogen-bond donors (Lipinski definition) is 1. The van der Waals surface area contributed by atoms with E-state index in [2.05, 4.69) is 5.32 Å². The van der Waals surface area contributed by atoms with Gasteiger partial charge in [-0.3, -0.25) is 9.69 Å². The number of nitrogens with zero attached hydrogens (tertiary/aromatic N) is 1. The first-order chi connectivity index (χ1) is 12.8. The number of nitrogens with one attached hydrogen (secondary N) is 1. The quantitative estimate of drug-likeness (QED) is 0.651. The van der Waals surface area contributed by atoms with Crippen molar-refractivity contribution >= 4 is 22.9 Å². The highest BCUT2D eigenvalue weighted by Crippen LogP contribution is 2.39. The standard InChI is InChI=1S/C21H24N2O4/c1-12-7-8-16-15(10-17(24)27-18(16)14(12)3)11-23-19(25)21(22-20(23)26)9-5-4-6-13(21)2/h7-8,10,13H,4-6,9,11H2,1-3H3,(H,22,26)/t13-,21+/m0/s1. The summed E-state index contributed by atoms with van der Waals surface area (Å²) in [5, 5.41) is 3.72. The molecule has 2 atom stereocenters. The molecule has 0 unspecified atom stereocenters. The summed E-state index contributed by atoms with van der Waals surface area (Å²) in [7, 11) is 0. The van der Waals surface area contributed by atoms with Crippen LogP contribution >= 0.6 is 0 Å². The lowest BCUT2D eigenvalue weighted by Gasteiger charge is -2.36. The van der Waals surface area contributed by atoms with Crippen molar-refractivity contribution in [3.63, 3.8) is 0 Å². The molecule has 4 rings (SSSR count). The molecule has 0 radical (unpaired) electrons. The number of carbonyl (C=O) groups excluding carboxylic acids is 2. The van der Waals surface area contributed by atoms with Crippen molar-refractivity contribution in [2.24, 2.45) is 5.92 Å². The molecule has 1 aliphatic carbocycles. The van der Waals surface area contributed by atoms with Crippen molar-refractivity contribution in [3.8, 4) is 0 Å². The van der Waals surface area contributed by atoms with Gasteiger partial charge in [-0.25, -0.2) is 9.59 Å². The van der Waals surface area contributed by atoms with Crippen LogP contribution < -0.4 is 10.9 Å². The maximum absolute atomic E-state index is 13.2. The van der Waals surface area contributed by atoms with Gasteiger partial charge in [0.2, 0.25) is 0 Å². The molecule has 1 aromatic heterocycles. The van der Waals surface area contributed by atoms with E-state index in [-0.39, 0.29) is 24.4 Å². The van der Waals surface area contributed by atoms with E-state index in [1.54, 1.807) is 0 Å². The van der Waals surface area contributed by atoms with Gasteiger partial charge in [0, 0.05) is 11.5 Å². The second-order valence-electron chi connectivity index (χ2n) is 7.91. The van der Waals surface area contributed by atoms with Crippen molar-refractivity contribution in [2.75, 3.05) is 0 Å². The molecule has 2 aromatic rings. The fraction of sp³-hybridized carbons (Fsp3) is 0.476. The van der Waals surface area contributed by atoms with E-state index in [1.807, 2.05) is 32.9 Å². The van der Waals surface area contributed by atoms with E-state index in [0.717, 1.165) is 35.8 Å². The molecule has 1 spiro atoms. The Labute approximate surface area is 157 Å². The summed E-state index contributed by atoms with van der Waals surface area (Å²) in [6, 6.07) is 4.84. The van der Waals surface area contributed by atoms with E-state index in [0.29, 0.717) is 17.6 Å². The number of amides is 3. The van der Waals surface area contributed by atoms with Gasteiger partial charge < -0.3 is 9.73 Å². The zero-order valence-corrected chi connectivity index (χ0v) is 15.9. The predicted molar refractivity (Wildman–Crippen MR) is 101 cm³/mol. The van der Waals surface area contributed by atoms with Gasteiger partial charge in [0.1, 0.15) is 11.1 Å². The lowest BCUT2D eigenvalue weighted by molar-refractivity contribution is -0.134. The Balaban J connectivity index is 1.74. The minimum absolute atomic E-state index is 0.0732. The van der Waals surface area contributed by atoms with E-state index < -0.39 is 11.2 Å². The Hall–Kier alpha value is -2.63. The number of fused-ring (bicyclic) bond motifs is 1. The minimum atomic E-state index is -0.795. The SMILES string of the molecule is Cc1ccc2c(CN3C(=O)N[C@@]4(CCCC[C@@H]4C)C3=O)cc(=O)oc2c1C. The fourth-order valence-corrected chi connectivity index (χ4v) is 4.46. The molecule has 6 nitrogen and oxygen atoms in total. The molecule has 0 bridgehead atoms. The first-order valence-corrected chi connectivity index (χ1v) is 9.50. The maximum Gasteiger partial charge on any atom is 0.336 e. The highest BCUT2D eigenvalue weighted by molar-refractivity contribution is 6.07. The van der Waals surface area contributed by atoms with Gasteiger partial charge in [-0.2, -0.15) is 0 Å². The molecule has 1 aliphatic heterocycles. The topological polar surface area (TPSA) is 79.6 Å². The zero-order chi connectivity index (χ0) is 19.3. The number of benzene rings is 1. The molecule has 2 aliphatic rings. The van der Waals surface area contributed by atoms with Crippen LogP contribution in [-0.2, 0) is 11.3 Å². The van der Waals surface area contributed by atoms with E-state index in [1.165, 1.54) is 11.0 Å². The average molecular weight is 368 g/mol. The third-order valence-electron chi connectivity index (χ3n) is 6.35. The second kappa shape index (κ2) is 6.22. The zero-order valence-electron chi connectivity index (χ0n) is 15.9. The van der Waals surface area contributed by atoms with Gasteiger partial charge in [0.15, 0.2) is 0 Å². The molecule has 27 heavy (non-hydrogen) atoms. The Morgan fingerprint density at radius 3 is 2.74 bits per heavy atom. The van der Waals surface area contributed by atoms with Crippen LogP contribution in [0.15, 0.2) is 27.4 Å². The van der Waals surface area contributed by atoms with Crippen molar-refractivity contribution < 1.29 is 14.0 Å². The van der Waals surface area contributed by atoms with Crippen LogP contribution in [0.4, 0.5) is 4.79 Å². The number of rotatable bonds is 2. The third kappa shape index (κ3) is 2.66. The van der Waals surface area contributed by atoms with Crippen LogP contribution in [0.2, 0.25) is 0 Å². The van der Waals surface area contributed by atoms with Crippen LogP contribution in [0.3, 0.4) is 0 Å². The number of aryl methyl sites for hydroxylation is 2. The van der Waals surface area contributed by atoms with Crippen LogP contribution in [0, 0.1) is 19.8 Å². The molecular weight excluding hydrogens is 344 g/mol. The highest BCUT2D eigenvalue weighted by atomic mass is 16.4. The molecule has 142 valence electrons. The summed E-state index contributed by atoms with van der Waals surface area (Å²) >= 11 is 0. The van der Waals surface area contributed by atoms with E-state index >= 15 is 0 Å². The van der Waals surface area contributed by atoms with Crippen molar-refractivity contribution in [2.45, 2.75) is 58.5 Å². The summed E-state index contributed by atoms with van der Waals surface area (Å²) in [6.45, 7) is 5.95. The van der Waals surface area contributed by atoms with Gasteiger partial charge in [-0.15, -0.1) is 0 Å². The minimum Gasteiger partial charge on any atom is -0.422 e. The molecule has 1 saturated carbocycles. The van der Waals surface area contributed by atoms with Gasteiger partial charge in [-0.05, 0) is 49.3 Å². The van der Waals surface area contributed by atoms with Gasteiger partial charge in [-0.1, -0.05) is 31.9 Å². The summed E-state index contributed by atoms with van der Waals surface area (Å²) < 4.78 is 5.40. The Morgan fingerprint density at radius 2 is 2.00 bits per heavy atom. The second-order valence-corrected chi connectivity index (χ2v) is 7.91. The van der Waals surface area contributed by atoms with Crippen LogP contribution in [0.1, 0.15) is 49.3 Å². The molecule has 1 saturated heterocycles. The number of hydrogen-bond acceptors (Lipinski definition) is 4. The van der Waals surface area contributed by atoms with Gasteiger partial charge in [0.05, 0.1) is 6.54 Å². The lowest BCUT2D eigenvalue weighted by Crippen LogP contribution is -2.53. The fourth-order valence-electron chi connectivity index (χ4n) is 4.46. The third-order valence-corrected chi connectivity index (χ3v) is 6.35. The molecule has 6 heteroatoms. The Bertz CT molecular complexity index is 1010. The van der Waals surface area contributed by atoms with Crippen LogP contribution in [-0.4, -0.2) is 22.4 Å². The van der Waals surface area contributed by atoms with Crippen molar-refractivity contribution in [1.29, 1.82) is 0 Å². The normalized spacial score (nSPS) is 25.4. The van der Waals surface area contributed by atoms with Gasteiger partial charge in [0.25, 0.3) is 5.91 Å². The van der Waals surface area contributed by atoms with Crippen LogP contribution in [0.5, 0.6) is 0 Å². The van der Waals surface area contributed by atoms with Crippen molar-refractivity contribution in [1.82, 2.24) is 10.2 Å². The number of urea groups is 1. The highest BCUT2D eigenvalue weighted by Gasteiger charge is 2.54. The van der Waals surface area contributed by atoms with Gasteiger partial charge >= 0.3 is 11.7 Å². The molecule has 3 amide bonds. The summed E-state index contributed by atoms with van der Waals surface area (Å²) in [5.74, 6) is -0.0693. The lowest BCUT2D eigenvalue weighted by atomic mass is 9.73. The smallest absolute Gasteiger partial charge is 0.336 e. The van der Waals surface area contributed by atoms with E-state index in [4.69, 9.17) is 4.42 Å². The predicted octanol–water partition coefficient (Wildman–Crippen LogP) is 3.41. The summed E-state index contributed by atoms with van der Waals surface area (Å²) in [5.41, 5.74) is 1.79. The Kier molecular flexibility index (Phi) is 4.09. The average Bonchev–Trinajstić information content (AvgIpc) is 2.86. The van der Waals surface area contributed by atoms with E-state index in [9.17, 15) is 14.4 Å². The summed E-state index contributed by atoms with van der Waals surface area (Å²) in [6.07, 6.45) is 3.61. The molecule has 1 N–H and O–H groups in total. The first-order valence-electron chi connectivity index (χ1n) is 9.50. The molecule has 2 heterocycles. The van der Waals surface area contributed by atoms with Crippen molar-refractivity contribution in [3.05, 3.63) is 45.3 Å². The first kappa shape index (κ1) is 17.8. The largest absolute Gasteiger partial charge is 0.422 e. The summed E-state index contributed by atoms with van der Waals surface area (Å²) in [4.78, 5) is 39.2. The molecular formula is C21H24N2O4. The maximum atomic E-state index is 13.2.